The molecule has 0 aliphatic carbocycles. The molecule has 1 N–H and O–H groups in total. The van der Waals surface area contributed by atoms with Crippen LogP contribution in [0.15, 0.2) is 73.1 Å². The summed E-state index contributed by atoms with van der Waals surface area (Å²) in [6.45, 7) is 1.92. The number of nitrogens with zero attached hydrogens (tertiary/aromatic N) is 4. The highest BCUT2D eigenvalue weighted by Crippen LogP contribution is 2.34. The molecule has 0 amide bonds. The molecule has 1 fully saturated rings. The predicted molar refractivity (Wildman–Crippen MR) is 120 cm³/mol. The number of aromatic amines is 1. The molecule has 1 atom stereocenters. The molecule has 3 heterocycles. The fraction of sp³-hybridized carbons (Fsp3) is 0.240. The maximum Gasteiger partial charge on any atom is 0.182 e. The van der Waals surface area contributed by atoms with Crippen LogP contribution in [-0.2, 0) is 6.54 Å². The molecule has 5 rings (SSSR count). The van der Waals surface area contributed by atoms with E-state index >= 15 is 0 Å². The van der Waals surface area contributed by atoms with Crippen molar-refractivity contribution < 1.29 is 4.74 Å². The second-order valence-electron chi connectivity index (χ2n) is 7.82. The first-order valence-electron chi connectivity index (χ1n) is 10.6. The van der Waals surface area contributed by atoms with Gasteiger partial charge in [0.2, 0.25) is 0 Å². The first-order valence-corrected chi connectivity index (χ1v) is 10.6. The molecular weight excluding hydrogens is 386 g/mol. The van der Waals surface area contributed by atoms with Crippen molar-refractivity contribution in [2.45, 2.75) is 25.4 Å². The van der Waals surface area contributed by atoms with Crippen LogP contribution in [0.5, 0.6) is 5.75 Å². The van der Waals surface area contributed by atoms with Crippen molar-refractivity contribution in [3.05, 3.63) is 84.4 Å². The molecular formula is C25H25N5O. The highest BCUT2D eigenvalue weighted by atomic mass is 16.5. The zero-order valence-electron chi connectivity index (χ0n) is 17.5. The van der Waals surface area contributed by atoms with Crippen LogP contribution in [-0.4, -0.2) is 38.7 Å². The van der Waals surface area contributed by atoms with Gasteiger partial charge in [-0.05, 0) is 54.8 Å². The van der Waals surface area contributed by atoms with Gasteiger partial charge in [0.25, 0.3) is 0 Å². The minimum Gasteiger partial charge on any atom is -0.496 e. The number of hydrogen-bond donors (Lipinski definition) is 1. The smallest absolute Gasteiger partial charge is 0.182 e. The van der Waals surface area contributed by atoms with E-state index in [-0.39, 0.29) is 6.04 Å². The Labute approximate surface area is 181 Å². The van der Waals surface area contributed by atoms with Crippen molar-refractivity contribution in [1.29, 1.82) is 0 Å². The van der Waals surface area contributed by atoms with E-state index < -0.39 is 0 Å². The molecule has 2 aromatic carbocycles. The number of hydrogen-bond acceptors (Lipinski definition) is 5. The Balaban J connectivity index is 1.36. The number of likely N-dealkylation sites (tertiary alicyclic amines) is 1. The highest BCUT2D eigenvalue weighted by molar-refractivity contribution is 5.70. The third-order valence-electron chi connectivity index (χ3n) is 5.83. The van der Waals surface area contributed by atoms with Crippen LogP contribution in [0.1, 0.15) is 30.3 Å². The first-order chi connectivity index (χ1) is 15.3. The quantitative estimate of drug-likeness (QED) is 0.490. The van der Waals surface area contributed by atoms with E-state index in [0.717, 1.165) is 48.6 Å². The van der Waals surface area contributed by atoms with Gasteiger partial charge in [0, 0.05) is 30.1 Å². The van der Waals surface area contributed by atoms with Crippen LogP contribution in [0.4, 0.5) is 0 Å². The van der Waals surface area contributed by atoms with Crippen LogP contribution >= 0.6 is 0 Å². The number of pyridine rings is 1. The van der Waals surface area contributed by atoms with E-state index in [0.29, 0.717) is 5.82 Å². The van der Waals surface area contributed by atoms with Crippen LogP contribution in [0.3, 0.4) is 0 Å². The number of rotatable bonds is 6. The van der Waals surface area contributed by atoms with E-state index in [4.69, 9.17) is 9.72 Å². The van der Waals surface area contributed by atoms with Gasteiger partial charge in [-0.1, -0.05) is 36.4 Å². The third kappa shape index (κ3) is 4.07. The molecule has 156 valence electrons. The van der Waals surface area contributed by atoms with E-state index in [9.17, 15) is 0 Å². The van der Waals surface area contributed by atoms with E-state index in [2.05, 4.69) is 50.4 Å². The maximum absolute atomic E-state index is 5.55. The van der Waals surface area contributed by atoms with Gasteiger partial charge < -0.3 is 4.74 Å². The van der Waals surface area contributed by atoms with Crippen molar-refractivity contribution in [1.82, 2.24) is 25.1 Å². The Morgan fingerprint density at radius 3 is 2.84 bits per heavy atom. The van der Waals surface area contributed by atoms with Crippen molar-refractivity contribution in [2.75, 3.05) is 13.7 Å². The van der Waals surface area contributed by atoms with Gasteiger partial charge in [0.05, 0.1) is 13.2 Å². The van der Waals surface area contributed by atoms with Gasteiger partial charge >= 0.3 is 0 Å². The number of nitrogens with one attached hydrogen (secondary N) is 1. The number of para-hydroxylation sites is 1. The van der Waals surface area contributed by atoms with E-state index in [1.54, 1.807) is 19.5 Å². The monoisotopic (exact) mass is 411 g/mol. The number of aromatic nitrogens is 4. The third-order valence-corrected chi connectivity index (χ3v) is 5.83. The zero-order valence-corrected chi connectivity index (χ0v) is 17.5. The average molecular weight is 412 g/mol. The standard InChI is InChI=1S/C25H25N5O/c1-31-23-12-3-2-10-21(23)19-8-4-7-18(15-19)17-30-14-6-11-22(30)25-27-24(28-29-25)20-9-5-13-26-16-20/h2-5,7-10,12-13,15-16,22H,6,11,14,17H2,1H3,(H,27,28,29). The number of benzene rings is 2. The van der Waals surface area contributed by atoms with Gasteiger partial charge in [-0.3, -0.25) is 15.0 Å². The Morgan fingerprint density at radius 2 is 1.97 bits per heavy atom. The van der Waals surface area contributed by atoms with Crippen LogP contribution < -0.4 is 4.74 Å². The fourth-order valence-electron chi connectivity index (χ4n) is 4.33. The number of methoxy groups -OCH3 is 1. The lowest BCUT2D eigenvalue weighted by Crippen LogP contribution is -2.23. The summed E-state index contributed by atoms with van der Waals surface area (Å²) in [6, 6.07) is 21.0. The summed E-state index contributed by atoms with van der Waals surface area (Å²) < 4.78 is 5.55. The minimum absolute atomic E-state index is 0.243. The Hall–Kier alpha value is -3.51. The molecule has 1 aliphatic rings. The van der Waals surface area contributed by atoms with Gasteiger partial charge in [-0.25, -0.2) is 4.98 Å². The van der Waals surface area contributed by atoms with Gasteiger partial charge in [-0.2, -0.15) is 5.10 Å². The van der Waals surface area contributed by atoms with Gasteiger partial charge in [0.1, 0.15) is 11.6 Å². The largest absolute Gasteiger partial charge is 0.496 e. The number of ether oxygens (including phenoxy) is 1. The molecule has 1 aliphatic heterocycles. The number of H-pyrrole nitrogens is 1. The molecule has 4 aromatic rings. The summed E-state index contributed by atoms with van der Waals surface area (Å²) in [5.41, 5.74) is 4.49. The molecule has 0 radical (unpaired) electrons. The lowest BCUT2D eigenvalue weighted by molar-refractivity contribution is 0.240. The van der Waals surface area contributed by atoms with Gasteiger partial charge in [-0.15, -0.1) is 0 Å². The molecule has 6 heteroatoms. The molecule has 1 saturated heterocycles. The van der Waals surface area contributed by atoms with E-state index in [1.807, 2.05) is 30.3 Å². The topological polar surface area (TPSA) is 66.9 Å². The molecule has 6 nitrogen and oxygen atoms in total. The average Bonchev–Trinajstić information content (AvgIpc) is 3.49. The van der Waals surface area contributed by atoms with Crippen molar-refractivity contribution in [3.8, 4) is 28.3 Å². The second kappa shape index (κ2) is 8.70. The van der Waals surface area contributed by atoms with Crippen LogP contribution in [0.2, 0.25) is 0 Å². The second-order valence-corrected chi connectivity index (χ2v) is 7.82. The van der Waals surface area contributed by atoms with Crippen LogP contribution in [0.25, 0.3) is 22.5 Å². The Bertz CT molecular complexity index is 1160. The van der Waals surface area contributed by atoms with Crippen molar-refractivity contribution >= 4 is 0 Å². The molecule has 31 heavy (non-hydrogen) atoms. The maximum atomic E-state index is 5.55. The first kappa shape index (κ1) is 19.5. The summed E-state index contributed by atoms with van der Waals surface area (Å²) >= 11 is 0. The highest BCUT2D eigenvalue weighted by Gasteiger charge is 2.29. The lowest BCUT2D eigenvalue weighted by atomic mass is 10.0. The SMILES string of the molecule is COc1ccccc1-c1cccc(CN2CCCC2c2nc(-c3cccnc3)n[nH]2)c1. The van der Waals surface area contributed by atoms with E-state index in [1.165, 1.54) is 11.1 Å². The Morgan fingerprint density at radius 1 is 1.06 bits per heavy atom. The summed E-state index contributed by atoms with van der Waals surface area (Å²) in [7, 11) is 1.72. The summed E-state index contributed by atoms with van der Waals surface area (Å²) in [5.74, 6) is 2.52. The fourth-order valence-corrected chi connectivity index (χ4v) is 4.33. The predicted octanol–water partition coefficient (Wildman–Crippen LogP) is 4.88. The normalized spacial score (nSPS) is 16.5. The van der Waals surface area contributed by atoms with Crippen molar-refractivity contribution in [2.24, 2.45) is 0 Å². The lowest BCUT2D eigenvalue weighted by Gasteiger charge is -2.23. The summed E-state index contributed by atoms with van der Waals surface area (Å²) in [4.78, 5) is 11.4. The molecule has 0 saturated carbocycles. The summed E-state index contributed by atoms with van der Waals surface area (Å²) in [5, 5.41) is 7.60. The minimum atomic E-state index is 0.243. The van der Waals surface area contributed by atoms with Crippen LogP contribution in [0, 0.1) is 0 Å². The zero-order chi connectivity index (χ0) is 21.0. The van der Waals surface area contributed by atoms with Gasteiger partial charge in [0.15, 0.2) is 5.82 Å². The molecule has 0 bridgehead atoms. The van der Waals surface area contributed by atoms with Crippen molar-refractivity contribution in [3.63, 3.8) is 0 Å². The Kier molecular flexibility index (Phi) is 5.46. The molecule has 0 spiro atoms. The molecule has 2 aromatic heterocycles. The summed E-state index contributed by atoms with van der Waals surface area (Å²) in [6.07, 6.45) is 5.78. The molecule has 1 unspecified atom stereocenters.